The Hall–Kier alpha value is -3.48. The van der Waals surface area contributed by atoms with Gasteiger partial charge in [0.2, 0.25) is 0 Å². The van der Waals surface area contributed by atoms with E-state index in [4.69, 9.17) is 0 Å². The number of hydrogen-bond acceptors (Lipinski definition) is 4. The molecule has 0 radical (unpaired) electrons. The van der Waals surface area contributed by atoms with Crippen molar-refractivity contribution in [1.82, 2.24) is 30.0 Å². The van der Waals surface area contributed by atoms with Crippen LogP contribution < -0.4 is 5.32 Å². The molecule has 1 unspecified atom stereocenters. The van der Waals surface area contributed by atoms with E-state index in [1.807, 2.05) is 54.8 Å². The Kier molecular flexibility index (Phi) is 4.89. The Labute approximate surface area is 162 Å². The van der Waals surface area contributed by atoms with Crippen LogP contribution >= 0.6 is 0 Å². The molecule has 142 valence electrons. The monoisotopic (exact) mass is 374 g/mol. The van der Waals surface area contributed by atoms with Crippen LogP contribution in [0.5, 0.6) is 0 Å². The summed E-state index contributed by atoms with van der Waals surface area (Å²) < 4.78 is 2.02. The second-order valence-corrected chi connectivity index (χ2v) is 6.83. The van der Waals surface area contributed by atoms with E-state index in [9.17, 15) is 4.79 Å². The number of aryl methyl sites for hydroxylation is 1. The number of H-pyrrole nitrogens is 1. The number of aromatic nitrogens is 5. The smallest absolute Gasteiger partial charge is 0.272 e. The summed E-state index contributed by atoms with van der Waals surface area (Å²) in [6.07, 6.45) is 4.31. The molecule has 0 fully saturated rings. The fourth-order valence-corrected chi connectivity index (χ4v) is 3.25. The number of nitrogens with zero attached hydrogens (tertiary/aromatic N) is 4. The molecule has 1 atom stereocenters. The van der Waals surface area contributed by atoms with Crippen molar-refractivity contribution in [2.24, 2.45) is 0 Å². The number of hydrogen-bond donors (Lipinski definition) is 2. The zero-order valence-electron chi connectivity index (χ0n) is 15.9. The van der Waals surface area contributed by atoms with Gasteiger partial charge in [0.05, 0.1) is 41.3 Å². The lowest BCUT2D eigenvalue weighted by Crippen LogP contribution is -2.29. The molecule has 2 N–H and O–H groups in total. The predicted molar refractivity (Wildman–Crippen MR) is 107 cm³/mol. The third kappa shape index (κ3) is 3.64. The number of pyridine rings is 1. The summed E-state index contributed by atoms with van der Waals surface area (Å²) in [6.45, 7) is 4.60. The fraction of sp³-hybridized carbons (Fsp3) is 0.238. The second-order valence-electron chi connectivity index (χ2n) is 6.83. The Bertz CT molecular complexity index is 1110. The number of rotatable bonds is 6. The van der Waals surface area contributed by atoms with Gasteiger partial charge >= 0.3 is 0 Å². The topological polar surface area (TPSA) is 88.5 Å². The van der Waals surface area contributed by atoms with Gasteiger partial charge in [-0.05, 0) is 49.2 Å². The molecular weight excluding hydrogens is 352 g/mol. The zero-order chi connectivity index (χ0) is 19.5. The molecule has 4 rings (SSSR count). The third-order valence-corrected chi connectivity index (χ3v) is 4.74. The minimum atomic E-state index is -0.215. The van der Waals surface area contributed by atoms with Crippen molar-refractivity contribution >= 4 is 16.9 Å². The quantitative estimate of drug-likeness (QED) is 0.541. The van der Waals surface area contributed by atoms with Crippen molar-refractivity contribution in [2.45, 2.75) is 32.9 Å². The van der Waals surface area contributed by atoms with Crippen LogP contribution in [0.2, 0.25) is 0 Å². The van der Waals surface area contributed by atoms with E-state index in [0.29, 0.717) is 12.2 Å². The van der Waals surface area contributed by atoms with Gasteiger partial charge in [-0.3, -0.25) is 14.9 Å². The highest BCUT2D eigenvalue weighted by atomic mass is 16.2. The number of amides is 1. The second kappa shape index (κ2) is 7.64. The largest absolute Gasteiger partial charge is 0.342 e. The summed E-state index contributed by atoms with van der Waals surface area (Å²) in [5.74, 6) is -0.215. The van der Waals surface area contributed by atoms with Crippen LogP contribution in [0.1, 0.15) is 46.8 Å². The first-order valence-electron chi connectivity index (χ1n) is 9.31. The molecular formula is C21H22N6O. The maximum Gasteiger partial charge on any atom is 0.272 e. The van der Waals surface area contributed by atoms with Gasteiger partial charge in [-0.25, -0.2) is 4.98 Å². The van der Waals surface area contributed by atoms with Crippen LogP contribution in [-0.2, 0) is 6.54 Å². The van der Waals surface area contributed by atoms with E-state index in [0.717, 1.165) is 34.4 Å². The molecule has 3 aromatic heterocycles. The molecule has 0 aliphatic rings. The number of para-hydroxylation sites is 2. The highest BCUT2D eigenvalue weighted by Gasteiger charge is 2.18. The summed E-state index contributed by atoms with van der Waals surface area (Å²) in [5.41, 5.74) is 5.17. The molecule has 0 saturated carbocycles. The summed E-state index contributed by atoms with van der Waals surface area (Å²) >= 11 is 0. The molecule has 0 spiro atoms. The van der Waals surface area contributed by atoms with E-state index < -0.39 is 0 Å². The van der Waals surface area contributed by atoms with Crippen molar-refractivity contribution in [3.63, 3.8) is 0 Å². The van der Waals surface area contributed by atoms with Crippen molar-refractivity contribution in [2.75, 3.05) is 0 Å². The number of imidazole rings is 1. The van der Waals surface area contributed by atoms with Crippen LogP contribution in [0.25, 0.3) is 11.0 Å². The van der Waals surface area contributed by atoms with Gasteiger partial charge in [-0.1, -0.05) is 19.1 Å². The summed E-state index contributed by atoms with van der Waals surface area (Å²) in [5, 5.41) is 10.2. The van der Waals surface area contributed by atoms with Crippen molar-refractivity contribution in [3.05, 3.63) is 77.6 Å². The van der Waals surface area contributed by atoms with Gasteiger partial charge < -0.3 is 9.88 Å². The van der Waals surface area contributed by atoms with Gasteiger partial charge in [0.25, 0.3) is 5.91 Å². The van der Waals surface area contributed by atoms with Crippen LogP contribution in [-0.4, -0.2) is 30.6 Å². The van der Waals surface area contributed by atoms with Crippen molar-refractivity contribution in [3.8, 4) is 0 Å². The van der Waals surface area contributed by atoms with Crippen molar-refractivity contribution in [1.29, 1.82) is 0 Å². The summed E-state index contributed by atoms with van der Waals surface area (Å²) in [4.78, 5) is 21.4. The standard InChI is InChI=1S/C21H22N6O/c1-3-16(18-10-14(2)8-9-22-18)24-21(28)19-11-15(25-26-19)12-27-13-23-17-6-4-5-7-20(17)27/h4-11,13,16H,3,12H2,1-2H3,(H,24,28)(H,25,26). The Morgan fingerprint density at radius 3 is 2.89 bits per heavy atom. The number of benzene rings is 1. The molecule has 1 aromatic carbocycles. The average molecular weight is 374 g/mol. The molecule has 7 heteroatoms. The summed E-state index contributed by atoms with van der Waals surface area (Å²) in [7, 11) is 0. The van der Waals surface area contributed by atoms with E-state index in [2.05, 4.69) is 25.5 Å². The van der Waals surface area contributed by atoms with E-state index in [1.165, 1.54) is 0 Å². The molecule has 0 aliphatic heterocycles. The molecule has 4 aromatic rings. The maximum absolute atomic E-state index is 12.7. The third-order valence-electron chi connectivity index (χ3n) is 4.74. The number of carbonyl (C=O) groups excluding carboxylic acids is 1. The lowest BCUT2D eigenvalue weighted by molar-refractivity contribution is 0.0929. The van der Waals surface area contributed by atoms with E-state index in [-0.39, 0.29) is 11.9 Å². The molecule has 3 heterocycles. The molecule has 0 saturated heterocycles. The Morgan fingerprint density at radius 1 is 1.21 bits per heavy atom. The van der Waals surface area contributed by atoms with Crippen molar-refractivity contribution < 1.29 is 4.79 Å². The molecule has 7 nitrogen and oxygen atoms in total. The number of aromatic amines is 1. The Balaban J connectivity index is 1.48. The van der Waals surface area contributed by atoms with Gasteiger partial charge in [0, 0.05) is 6.20 Å². The normalized spacial score (nSPS) is 12.2. The molecule has 28 heavy (non-hydrogen) atoms. The van der Waals surface area contributed by atoms with Crippen LogP contribution in [0.4, 0.5) is 0 Å². The number of nitrogens with one attached hydrogen (secondary N) is 2. The van der Waals surface area contributed by atoms with Crippen LogP contribution in [0, 0.1) is 6.92 Å². The SMILES string of the molecule is CCC(NC(=O)c1cc(Cn2cnc3ccccc32)[nH]n1)c1cc(C)ccn1. The van der Waals surface area contributed by atoms with Gasteiger partial charge in [-0.2, -0.15) is 5.10 Å². The Morgan fingerprint density at radius 2 is 2.07 bits per heavy atom. The van der Waals surface area contributed by atoms with Gasteiger partial charge in [0.1, 0.15) is 5.69 Å². The number of carbonyl (C=O) groups is 1. The number of fused-ring (bicyclic) bond motifs is 1. The lowest BCUT2D eigenvalue weighted by Gasteiger charge is -2.16. The minimum Gasteiger partial charge on any atom is -0.342 e. The lowest BCUT2D eigenvalue weighted by atomic mass is 10.1. The predicted octanol–water partition coefficient (Wildman–Crippen LogP) is 3.39. The molecule has 1 amide bonds. The zero-order valence-corrected chi connectivity index (χ0v) is 15.9. The van der Waals surface area contributed by atoms with Gasteiger partial charge in [0.15, 0.2) is 0 Å². The van der Waals surface area contributed by atoms with E-state index in [1.54, 1.807) is 18.6 Å². The maximum atomic E-state index is 12.7. The molecule has 0 aliphatic carbocycles. The first kappa shape index (κ1) is 17.9. The average Bonchev–Trinajstić information content (AvgIpc) is 3.34. The van der Waals surface area contributed by atoms with Crippen LogP contribution in [0.15, 0.2) is 55.0 Å². The fourth-order valence-electron chi connectivity index (χ4n) is 3.25. The van der Waals surface area contributed by atoms with Crippen LogP contribution in [0.3, 0.4) is 0 Å². The minimum absolute atomic E-state index is 0.148. The first-order valence-corrected chi connectivity index (χ1v) is 9.31. The highest BCUT2D eigenvalue weighted by Crippen LogP contribution is 2.17. The van der Waals surface area contributed by atoms with Gasteiger partial charge in [-0.15, -0.1) is 0 Å². The molecule has 0 bridgehead atoms. The summed E-state index contributed by atoms with van der Waals surface area (Å²) in [6, 6.07) is 13.5. The highest BCUT2D eigenvalue weighted by molar-refractivity contribution is 5.92. The van der Waals surface area contributed by atoms with E-state index >= 15 is 0 Å². The first-order chi connectivity index (χ1) is 13.6.